The van der Waals surface area contributed by atoms with Gasteiger partial charge in [-0.05, 0) is 37.0 Å². The van der Waals surface area contributed by atoms with Gasteiger partial charge in [-0.1, -0.05) is 56.0 Å². The Hall–Kier alpha value is -2.46. The Morgan fingerprint density at radius 2 is 1.97 bits per heavy atom. The molecule has 1 aromatic carbocycles. The predicted octanol–water partition coefficient (Wildman–Crippen LogP) is 4.32. The van der Waals surface area contributed by atoms with Crippen LogP contribution in [0.2, 0.25) is 0 Å². The summed E-state index contributed by atoms with van der Waals surface area (Å²) in [7, 11) is 0. The van der Waals surface area contributed by atoms with E-state index in [4.69, 9.17) is 4.74 Å². The lowest BCUT2D eigenvalue weighted by molar-refractivity contribution is -0.113. The molecule has 0 aliphatic heterocycles. The van der Waals surface area contributed by atoms with Crippen molar-refractivity contribution in [1.82, 2.24) is 25.0 Å². The molecule has 0 radical (unpaired) electrons. The third-order valence-electron chi connectivity index (χ3n) is 4.40. The fourth-order valence-corrected chi connectivity index (χ4v) is 4.08. The van der Waals surface area contributed by atoms with Gasteiger partial charge in [0.25, 0.3) is 0 Å². The van der Waals surface area contributed by atoms with E-state index in [9.17, 15) is 4.79 Å². The average molecular weight is 447 g/mol. The number of benzene rings is 1. The van der Waals surface area contributed by atoms with E-state index in [1.54, 1.807) is 5.51 Å². The van der Waals surface area contributed by atoms with Crippen molar-refractivity contribution >= 4 is 34.1 Å². The SMILES string of the molecule is CCn1c(SCC(=O)Nc2nncs2)nnc1C(C)Oc1ccc(C(C)(C)C)cc1. The minimum absolute atomic E-state index is 0.0982. The topological polar surface area (TPSA) is 94.8 Å². The minimum atomic E-state index is -0.275. The van der Waals surface area contributed by atoms with Gasteiger partial charge in [0.2, 0.25) is 11.0 Å². The number of hydrogen-bond acceptors (Lipinski definition) is 8. The van der Waals surface area contributed by atoms with Crippen molar-refractivity contribution in [2.75, 3.05) is 11.1 Å². The second kappa shape index (κ2) is 9.57. The zero-order valence-electron chi connectivity index (χ0n) is 17.7. The maximum Gasteiger partial charge on any atom is 0.236 e. The summed E-state index contributed by atoms with van der Waals surface area (Å²) in [4.78, 5) is 12.1. The van der Waals surface area contributed by atoms with Gasteiger partial charge < -0.3 is 9.30 Å². The second-order valence-electron chi connectivity index (χ2n) is 7.70. The molecule has 3 rings (SSSR count). The Labute approximate surface area is 184 Å². The highest BCUT2D eigenvalue weighted by atomic mass is 32.2. The molecule has 1 N–H and O–H groups in total. The van der Waals surface area contributed by atoms with Gasteiger partial charge in [-0.15, -0.1) is 20.4 Å². The van der Waals surface area contributed by atoms with Gasteiger partial charge >= 0.3 is 0 Å². The van der Waals surface area contributed by atoms with E-state index in [2.05, 4.69) is 58.6 Å². The maximum absolute atomic E-state index is 12.1. The Kier molecular flexibility index (Phi) is 7.09. The highest BCUT2D eigenvalue weighted by molar-refractivity contribution is 7.99. The van der Waals surface area contributed by atoms with Crippen LogP contribution in [-0.4, -0.2) is 36.6 Å². The number of thioether (sulfide) groups is 1. The first kappa shape index (κ1) is 22.2. The summed E-state index contributed by atoms with van der Waals surface area (Å²) < 4.78 is 8.06. The monoisotopic (exact) mass is 446 g/mol. The molecule has 2 heterocycles. The first-order chi connectivity index (χ1) is 14.3. The molecule has 1 atom stereocenters. The summed E-state index contributed by atoms with van der Waals surface area (Å²) in [6.45, 7) is 11.2. The van der Waals surface area contributed by atoms with Gasteiger partial charge in [-0.3, -0.25) is 10.1 Å². The van der Waals surface area contributed by atoms with Crippen molar-refractivity contribution in [3.8, 4) is 5.75 Å². The quantitative estimate of drug-likeness (QED) is 0.515. The summed E-state index contributed by atoms with van der Waals surface area (Å²) in [6, 6.07) is 8.14. The van der Waals surface area contributed by atoms with Crippen molar-refractivity contribution in [3.63, 3.8) is 0 Å². The molecule has 10 heteroatoms. The van der Waals surface area contributed by atoms with E-state index in [-0.39, 0.29) is 23.2 Å². The minimum Gasteiger partial charge on any atom is -0.483 e. The standard InChI is InChI=1S/C20H26N6O2S2/c1-6-26-17(13(2)28-15-9-7-14(8-10-15)20(3,4)5)23-25-19(26)29-11-16(27)22-18-24-21-12-30-18/h7-10,12-13H,6,11H2,1-5H3,(H,22,24,27). The number of anilines is 1. The van der Waals surface area contributed by atoms with Crippen LogP contribution in [0.3, 0.4) is 0 Å². The molecule has 0 aliphatic rings. The smallest absolute Gasteiger partial charge is 0.236 e. The summed E-state index contributed by atoms with van der Waals surface area (Å²) in [5, 5.41) is 19.9. The van der Waals surface area contributed by atoms with Crippen LogP contribution in [0.25, 0.3) is 0 Å². The van der Waals surface area contributed by atoms with Gasteiger partial charge in [0, 0.05) is 6.54 Å². The predicted molar refractivity (Wildman–Crippen MR) is 119 cm³/mol. The van der Waals surface area contributed by atoms with Gasteiger partial charge in [-0.2, -0.15) is 0 Å². The van der Waals surface area contributed by atoms with Crippen LogP contribution in [0.4, 0.5) is 5.13 Å². The van der Waals surface area contributed by atoms with Crippen LogP contribution in [-0.2, 0) is 16.8 Å². The zero-order valence-corrected chi connectivity index (χ0v) is 19.4. The third kappa shape index (κ3) is 5.57. The Morgan fingerprint density at radius 3 is 2.57 bits per heavy atom. The number of ether oxygens (including phenoxy) is 1. The Bertz CT molecular complexity index is 964. The fourth-order valence-electron chi connectivity index (χ4n) is 2.81. The van der Waals surface area contributed by atoms with Gasteiger partial charge in [0.1, 0.15) is 11.3 Å². The molecule has 1 amide bonds. The molecular weight excluding hydrogens is 420 g/mol. The molecule has 2 aromatic heterocycles. The van der Waals surface area contributed by atoms with Crippen LogP contribution < -0.4 is 10.1 Å². The van der Waals surface area contributed by atoms with E-state index in [0.717, 1.165) is 11.6 Å². The van der Waals surface area contributed by atoms with Crippen LogP contribution >= 0.6 is 23.1 Å². The fraction of sp³-hybridized carbons (Fsp3) is 0.450. The molecule has 0 saturated carbocycles. The number of aromatic nitrogens is 5. The van der Waals surface area contributed by atoms with E-state index in [1.165, 1.54) is 28.7 Å². The largest absolute Gasteiger partial charge is 0.483 e. The Morgan fingerprint density at radius 1 is 1.23 bits per heavy atom. The summed E-state index contributed by atoms with van der Waals surface area (Å²) in [5.74, 6) is 1.56. The third-order valence-corrected chi connectivity index (χ3v) is 5.97. The Balaban J connectivity index is 1.63. The first-order valence-corrected chi connectivity index (χ1v) is 11.5. The van der Waals surface area contributed by atoms with E-state index in [1.807, 2.05) is 30.5 Å². The van der Waals surface area contributed by atoms with Crippen LogP contribution in [0.5, 0.6) is 5.75 Å². The van der Waals surface area contributed by atoms with Gasteiger partial charge in [-0.25, -0.2) is 0 Å². The lowest BCUT2D eigenvalue weighted by Crippen LogP contribution is -2.15. The van der Waals surface area contributed by atoms with Gasteiger partial charge in [0.05, 0.1) is 5.75 Å². The molecule has 0 spiro atoms. The van der Waals surface area contributed by atoms with Crippen molar-refractivity contribution in [3.05, 3.63) is 41.2 Å². The van der Waals surface area contributed by atoms with Crippen molar-refractivity contribution in [2.45, 2.75) is 57.8 Å². The molecule has 0 bridgehead atoms. The zero-order chi connectivity index (χ0) is 21.7. The van der Waals surface area contributed by atoms with E-state index in [0.29, 0.717) is 16.8 Å². The molecule has 0 fully saturated rings. The van der Waals surface area contributed by atoms with E-state index >= 15 is 0 Å². The number of nitrogens with one attached hydrogen (secondary N) is 1. The lowest BCUT2D eigenvalue weighted by atomic mass is 9.87. The highest BCUT2D eigenvalue weighted by Crippen LogP contribution is 2.28. The molecule has 0 saturated heterocycles. The van der Waals surface area contributed by atoms with Crippen molar-refractivity contribution in [1.29, 1.82) is 0 Å². The molecule has 1 unspecified atom stereocenters. The first-order valence-electron chi connectivity index (χ1n) is 9.67. The maximum atomic E-state index is 12.1. The molecule has 8 nitrogen and oxygen atoms in total. The van der Waals surface area contributed by atoms with Gasteiger partial charge in [0.15, 0.2) is 17.1 Å². The lowest BCUT2D eigenvalue weighted by Gasteiger charge is -2.20. The number of nitrogens with zero attached hydrogens (tertiary/aromatic N) is 5. The van der Waals surface area contributed by atoms with Crippen LogP contribution in [0, 0.1) is 0 Å². The van der Waals surface area contributed by atoms with Crippen LogP contribution in [0.15, 0.2) is 34.9 Å². The van der Waals surface area contributed by atoms with Crippen molar-refractivity contribution < 1.29 is 9.53 Å². The molecule has 30 heavy (non-hydrogen) atoms. The molecule has 160 valence electrons. The summed E-state index contributed by atoms with van der Waals surface area (Å²) >= 11 is 2.61. The molecular formula is C20H26N6O2S2. The average Bonchev–Trinajstić information content (AvgIpc) is 3.35. The van der Waals surface area contributed by atoms with Crippen molar-refractivity contribution in [2.24, 2.45) is 0 Å². The summed E-state index contributed by atoms with van der Waals surface area (Å²) in [5.41, 5.74) is 2.92. The van der Waals surface area contributed by atoms with E-state index < -0.39 is 0 Å². The number of rotatable bonds is 8. The molecule has 3 aromatic rings. The normalized spacial score (nSPS) is 12.6. The number of hydrogen-bond donors (Lipinski definition) is 1. The molecule has 0 aliphatic carbocycles. The summed E-state index contributed by atoms with van der Waals surface area (Å²) in [6.07, 6.45) is -0.275. The van der Waals surface area contributed by atoms with Crippen LogP contribution in [0.1, 0.15) is 52.1 Å². The number of amides is 1. The highest BCUT2D eigenvalue weighted by Gasteiger charge is 2.20. The number of carbonyl (C=O) groups excluding carboxylic acids is 1. The second-order valence-corrected chi connectivity index (χ2v) is 9.48. The number of carbonyl (C=O) groups is 1.